The van der Waals surface area contributed by atoms with E-state index < -0.39 is 0 Å². The highest BCUT2D eigenvalue weighted by atomic mass is 16.5. The average Bonchev–Trinajstić information content (AvgIpc) is 2.71. The zero-order valence-electron chi connectivity index (χ0n) is 6.41. The molecule has 0 fully saturated rings. The molecule has 2 aromatic rings. The fourth-order valence-electron chi connectivity index (χ4n) is 1.58. The molecule has 0 bridgehead atoms. The topological polar surface area (TPSA) is 35.3 Å². The van der Waals surface area contributed by atoms with Crippen molar-refractivity contribution in [2.75, 3.05) is 0 Å². The van der Waals surface area contributed by atoms with Crippen molar-refractivity contribution in [1.82, 2.24) is 4.98 Å². The Hall–Kier alpha value is -1.35. The first-order valence-electron chi connectivity index (χ1n) is 3.87. The molecule has 0 N–H and O–H groups in total. The Morgan fingerprint density at radius 1 is 1.25 bits per heavy atom. The Morgan fingerprint density at radius 3 is 3.25 bits per heavy atom. The van der Waals surface area contributed by atoms with Crippen LogP contribution in [0.4, 0.5) is 0 Å². The van der Waals surface area contributed by atoms with Crippen LogP contribution in [0.1, 0.15) is 11.1 Å². The lowest BCUT2D eigenvalue weighted by Gasteiger charge is -1.94. The van der Waals surface area contributed by atoms with Gasteiger partial charge in [-0.2, -0.15) is 0 Å². The summed E-state index contributed by atoms with van der Waals surface area (Å²) in [4.78, 5) is 4.07. The van der Waals surface area contributed by atoms with E-state index in [1.807, 2.05) is 12.1 Å². The molecule has 1 aromatic carbocycles. The van der Waals surface area contributed by atoms with Crippen LogP contribution in [0.15, 0.2) is 22.9 Å². The number of ether oxygens (including phenoxy) is 1. The predicted octanol–water partition coefficient (Wildman–Crippen LogP) is 1.86. The third-order valence-corrected chi connectivity index (χ3v) is 2.20. The molecule has 3 heteroatoms. The Labute approximate surface area is 69.0 Å². The van der Waals surface area contributed by atoms with Gasteiger partial charge in [0.1, 0.15) is 5.52 Å². The molecule has 0 saturated carbocycles. The zero-order chi connectivity index (χ0) is 7.97. The lowest BCUT2D eigenvalue weighted by Crippen LogP contribution is -1.81. The van der Waals surface area contributed by atoms with Crippen molar-refractivity contribution in [2.24, 2.45) is 0 Å². The number of fused-ring (bicyclic) bond motifs is 3. The highest BCUT2D eigenvalue weighted by Gasteiger charge is 2.16. The first-order valence-corrected chi connectivity index (χ1v) is 3.87. The molecule has 1 aromatic heterocycles. The van der Waals surface area contributed by atoms with Crippen molar-refractivity contribution in [2.45, 2.75) is 13.2 Å². The molecule has 0 atom stereocenters. The van der Waals surface area contributed by atoms with Crippen molar-refractivity contribution in [1.29, 1.82) is 0 Å². The second-order valence-corrected chi connectivity index (χ2v) is 2.90. The minimum Gasteiger partial charge on any atom is -0.443 e. The standard InChI is InChI=1S/C9H7NO2/c1-2-8-9(12-5-10-8)7-4-11-3-6(1)7/h1-2,5H,3-4H2. The molecule has 0 saturated heterocycles. The number of hydrogen-bond acceptors (Lipinski definition) is 3. The van der Waals surface area contributed by atoms with Crippen LogP contribution in [0.5, 0.6) is 0 Å². The molecule has 0 spiro atoms. The van der Waals surface area contributed by atoms with Gasteiger partial charge in [-0.25, -0.2) is 4.98 Å². The van der Waals surface area contributed by atoms with Gasteiger partial charge in [-0.3, -0.25) is 0 Å². The second kappa shape index (κ2) is 2.08. The van der Waals surface area contributed by atoms with Gasteiger partial charge in [0.05, 0.1) is 13.2 Å². The van der Waals surface area contributed by atoms with E-state index in [0.717, 1.165) is 16.7 Å². The van der Waals surface area contributed by atoms with Crippen LogP contribution < -0.4 is 0 Å². The number of nitrogens with zero attached hydrogens (tertiary/aromatic N) is 1. The van der Waals surface area contributed by atoms with Crippen LogP contribution in [-0.4, -0.2) is 4.98 Å². The lowest BCUT2D eigenvalue weighted by atomic mass is 10.1. The summed E-state index contributed by atoms with van der Waals surface area (Å²) in [6.07, 6.45) is 1.48. The Kier molecular flexibility index (Phi) is 1.07. The fourth-order valence-corrected chi connectivity index (χ4v) is 1.58. The molecule has 1 aliphatic rings. The molecule has 0 radical (unpaired) electrons. The van der Waals surface area contributed by atoms with Gasteiger partial charge in [0.15, 0.2) is 12.0 Å². The van der Waals surface area contributed by atoms with Gasteiger partial charge >= 0.3 is 0 Å². The van der Waals surface area contributed by atoms with Crippen LogP contribution in [0, 0.1) is 0 Å². The van der Waals surface area contributed by atoms with Gasteiger partial charge < -0.3 is 9.15 Å². The molecule has 2 heterocycles. The maximum absolute atomic E-state index is 5.30. The first kappa shape index (κ1) is 6.20. The van der Waals surface area contributed by atoms with Gasteiger partial charge in [-0.05, 0) is 11.6 Å². The molecule has 0 unspecified atom stereocenters. The summed E-state index contributed by atoms with van der Waals surface area (Å²) in [6, 6.07) is 4.01. The van der Waals surface area contributed by atoms with Crippen LogP contribution in [0.3, 0.4) is 0 Å². The van der Waals surface area contributed by atoms with E-state index in [9.17, 15) is 0 Å². The maximum Gasteiger partial charge on any atom is 0.181 e. The predicted molar refractivity (Wildman–Crippen MR) is 42.5 cm³/mol. The number of hydrogen-bond donors (Lipinski definition) is 0. The third-order valence-electron chi connectivity index (χ3n) is 2.20. The van der Waals surface area contributed by atoms with E-state index in [1.165, 1.54) is 12.0 Å². The van der Waals surface area contributed by atoms with E-state index in [4.69, 9.17) is 9.15 Å². The third kappa shape index (κ3) is 0.662. The molecule has 12 heavy (non-hydrogen) atoms. The van der Waals surface area contributed by atoms with Gasteiger partial charge in [-0.15, -0.1) is 0 Å². The summed E-state index contributed by atoms with van der Waals surface area (Å²) in [5, 5.41) is 0. The lowest BCUT2D eigenvalue weighted by molar-refractivity contribution is 0.134. The molecular formula is C9H7NO2. The van der Waals surface area contributed by atoms with E-state index in [1.54, 1.807) is 0 Å². The fraction of sp³-hybridized carbons (Fsp3) is 0.222. The average molecular weight is 161 g/mol. The van der Waals surface area contributed by atoms with Gasteiger partial charge in [0.2, 0.25) is 0 Å². The Balaban J connectivity index is 2.46. The quantitative estimate of drug-likeness (QED) is 0.591. The normalized spacial score (nSPS) is 15.3. The number of rotatable bonds is 0. The van der Waals surface area contributed by atoms with Crippen molar-refractivity contribution >= 4 is 11.1 Å². The molecule has 1 aliphatic heterocycles. The molecular weight excluding hydrogens is 154 g/mol. The SMILES string of the molecule is c1nc2ccc3c(c2o1)COC3. The van der Waals surface area contributed by atoms with Gasteiger partial charge in [0.25, 0.3) is 0 Å². The molecule has 3 rings (SSSR count). The summed E-state index contributed by atoms with van der Waals surface area (Å²) >= 11 is 0. The first-order chi connectivity index (χ1) is 5.95. The highest BCUT2D eigenvalue weighted by molar-refractivity contribution is 5.77. The van der Waals surface area contributed by atoms with Crippen LogP contribution in [0.25, 0.3) is 11.1 Å². The largest absolute Gasteiger partial charge is 0.443 e. The van der Waals surface area contributed by atoms with E-state index in [2.05, 4.69) is 4.98 Å². The Bertz CT molecular complexity index is 433. The monoisotopic (exact) mass is 161 g/mol. The van der Waals surface area contributed by atoms with E-state index in [-0.39, 0.29) is 0 Å². The van der Waals surface area contributed by atoms with Crippen LogP contribution in [-0.2, 0) is 18.0 Å². The zero-order valence-corrected chi connectivity index (χ0v) is 6.41. The molecule has 3 nitrogen and oxygen atoms in total. The highest BCUT2D eigenvalue weighted by Crippen LogP contribution is 2.27. The van der Waals surface area contributed by atoms with Gasteiger partial charge in [-0.1, -0.05) is 6.07 Å². The van der Waals surface area contributed by atoms with Crippen molar-refractivity contribution in [3.63, 3.8) is 0 Å². The van der Waals surface area contributed by atoms with Gasteiger partial charge in [0, 0.05) is 5.56 Å². The smallest absolute Gasteiger partial charge is 0.181 e. The number of benzene rings is 1. The summed E-state index contributed by atoms with van der Waals surface area (Å²) < 4.78 is 10.6. The van der Waals surface area contributed by atoms with E-state index >= 15 is 0 Å². The Morgan fingerprint density at radius 2 is 2.25 bits per heavy atom. The molecule has 0 aliphatic carbocycles. The molecule has 60 valence electrons. The summed E-state index contributed by atoms with van der Waals surface area (Å²) in [5.41, 5.74) is 4.17. The van der Waals surface area contributed by atoms with Crippen LogP contribution in [0.2, 0.25) is 0 Å². The van der Waals surface area contributed by atoms with Crippen molar-refractivity contribution < 1.29 is 9.15 Å². The summed E-state index contributed by atoms with van der Waals surface area (Å²) in [6.45, 7) is 1.36. The van der Waals surface area contributed by atoms with Crippen LogP contribution >= 0.6 is 0 Å². The number of oxazole rings is 1. The minimum absolute atomic E-state index is 0.655. The maximum atomic E-state index is 5.30. The van der Waals surface area contributed by atoms with Crippen molar-refractivity contribution in [3.8, 4) is 0 Å². The van der Waals surface area contributed by atoms with Crippen molar-refractivity contribution in [3.05, 3.63) is 29.7 Å². The summed E-state index contributed by atoms with van der Waals surface area (Å²) in [7, 11) is 0. The van der Waals surface area contributed by atoms with E-state index in [0.29, 0.717) is 13.2 Å². The molecule has 0 amide bonds. The number of aromatic nitrogens is 1. The minimum atomic E-state index is 0.655. The second-order valence-electron chi connectivity index (χ2n) is 2.90. The summed E-state index contributed by atoms with van der Waals surface area (Å²) in [5.74, 6) is 0.